The van der Waals surface area contributed by atoms with Gasteiger partial charge < -0.3 is 9.84 Å². The van der Waals surface area contributed by atoms with Gasteiger partial charge in [0, 0.05) is 12.0 Å². The van der Waals surface area contributed by atoms with Crippen LogP contribution in [0.3, 0.4) is 0 Å². The number of hydrogen-bond donors (Lipinski definition) is 1. The largest absolute Gasteiger partial charge is 0.496 e. The first-order chi connectivity index (χ1) is 8.00. The number of benzene rings is 1. The highest BCUT2D eigenvalue weighted by molar-refractivity contribution is 5.47. The quantitative estimate of drug-likeness (QED) is 0.874. The molecule has 1 aromatic rings. The summed E-state index contributed by atoms with van der Waals surface area (Å²) in [5.41, 5.74) is 1.85. The van der Waals surface area contributed by atoms with Crippen molar-refractivity contribution < 1.29 is 14.2 Å². The van der Waals surface area contributed by atoms with Crippen molar-refractivity contribution in [3.63, 3.8) is 0 Å². The minimum absolute atomic E-state index is 0.252. The lowest BCUT2D eigenvalue weighted by molar-refractivity contribution is 0.150. The Labute approximate surface area is 101 Å². The molecule has 17 heavy (non-hydrogen) atoms. The summed E-state index contributed by atoms with van der Waals surface area (Å²) in [7, 11) is 1.57. The molecule has 94 valence electrons. The van der Waals surface area contributed by atoms with E-state index in [1.165, 1.54) is 0 Å². The zero-order chi connectivity index (χ0) is 12.6. The SMILES string of the molecule is CCc1c(CC2(O)CC2)cc(F)c(C)c1OC. The van der Waals surface area contributed by atoms with E-state index >= 15 is 0 Å². The topological polar surface area (TPSA) is 29.5 Å². The van der Waals surface area contributed by atoms with Crippen LogP contribution in [-0.4, -0.2) is 17.8 Å². The molecule has 1 fully saturated rings. The van der Waals surface area contributed by atoms with Crippen LogP contribution in [0.1, 0.15) is 36.5 Å². The lowest BCUT2D eigenvalue weighted by Gasteiger charge is -2.17. The summed E-state index contributed by atoms with van der Waals surface area (Å²) in [6, 6.07) is 1.55. The lowest BCUT2D eigenvalue weighted by atomic mass is 9.95. The molecular weight excluding hydrogens is 219 g/mol. The van der Waals surface area contributed by atoms with Crippen LogP contribution in [0.5, 0.6) is 5.75 Å². The highest BCUT2D eigenvalue weighted by Crippen LogP contribution is 2.41. The van der Waals surface area contributed by atoms with Gasteiger partial charge in [0.15, 0.2) is 0 Å². The van der Waals surface area contributed by atoms with Gasteiger partial charge >= 0.3 is 0 Å². The van der Waals surface area contributed by atoms with Gasteiger partial charge in [-0.25, -0.2) is 4.39 Å². The van der Waals surface area contributed by atoms with Crippen LogP contribution < -0.4 is 4.74 Å². The molecule has 0 amide bonds. The lowest BCUT2D eigenvalue weighted by Crippen LogP contribution is -2.14. The average molecular weight is 238 g/mol. The van der Waals surface area contributed by atoms with E-state index in [0.717, 1.165) is 30.4 Å². The maximum Gasteiger partial charge on any atom is 0.130 e. The predicted molar refractivity (Wildman–Crippen MR) is 65.0 cm³/mol. The zero-order valence-electron chi connectivity index (χ0n) is 10.6. The van der Waals surface area contributed by atoms with Gasteiger partial charge in [0.1, 0.15) is 11.6 Å². The van der Waals surface area contributed by atoms with Crippen molar-refractivity contribution in [2.45, 2.75) is 45.1 Å². The molecule has 3 heteroatoms. The van der Waals surface area contributed by atoms with Gasteiger partial charge in [0.05, 0.1) is 12.7 Å². The Morgan fingerprint density at radius 2 is 2.12 bits per heavy atom. The van der Waals surface area contributed by atoms with Crippen molar-refractivity contribution in [3.05, 3.63) is 28.6 Å². The van der Waals surface area contributed by atoms with Gasteiger partial charge in [-0.15, -0.1) is 0 Å². The molecule has 1 aliphatic carbocycles. The molecule has 0 aliphatic heterocycles. The highest BCUT2D eigenvalue weighted by atomic mass is 19.1. The van der Waals surface area contributed by atoms with Crippen molar-refractivity contribution in [1.82, 2.24) is 0 Å². The maximum atomic E-state index is 13.8. The van der Waals surface area contributed by atoms with E-state index < -0.39 is 5.60 Å². The Morgan fingerprint density at radius 1 is 1.47 bits per heavy atom. The second-order valence-corrected chi connectivity index (χ2v) is 4.91. The molecule has 2 nitrogen and oxygen atoms in total. The summed E-state index contributed by atoms with van der Waals surface area (Å²) in [4.78, 5) is 0. The molecule has 1 aromatic carbocycles. The number of aliphatic hydroxyl groups is 1. The summed E-state index contributed by atoms with van der Waals surface area (Å²) in [5, 5.41) is 9.96. The molecule has 1 aliphatic rings. The molecule has 0 atom stereocenters. The second-order valence-electron chi connectivity index (χ2n) is 4.91. The first-order valence-corrected chi connectivity index (χ1v) is 6.08. The average Bonchev–Trinajstić information content (AvgIpc) is 3.00. The Bertz CT molecular complexity index is 436. The fourth-order valence-corrected chi connectivity index (χ4v) is 2.33. The Kier molecular flexibility index (Phi) is 3.13. The fourth-order valence-electron chi connectivity index (χ4n) is 2.33. The van der Waals surface area contributed by atoms with E-state index in [9.17, 15) is 9.50 Å². The van der Waals surface area contributed by atoms with Gasteiger partial charge in [-0.1, -0.05) is 6.92 Å². The molecule has 1 saturated carbocycles. The third-order valence-electron chi connectivity index (χ3n) is 3.57. The van der Waals surface area contributed by atoms with Crippen molar-refractivity contribution in [1.29, 1.82) is 0 Å². The number of methoxy groups -OCH3 is 1. The minimum atomic E-state index is -0.601. The van der Waals surface area contributed by atoms with E-state index in [2.05, 4.69) is 0 Å². The van der Waals surface area contributed by atoms with Gasteiger partial charge in [-0.3, -0.25) is 0 Å². The summed E-state index contributed by atoms with van der Waals surface area (Å²) in [6.45, 7) is 3.75. The molecule has 1 N–H and O–H groups in total. The zero-order valence-corrected chi connectivity index (χ0v) is 10.6. The molecule has 2 rings (SSSR count). The van der Waals surface area contributed by atoms with E-state index in [1.54, 1.807) is 20.1 Å². The van der Waals surface area contributed by atoms with Crippen LogP contribution in [0, 0.1) is 12.7 Å². The smallest absolute Gasteiger partial charge is 0.130 e. The minimum Gasteiger partial charge on any atom is -0.496 e. The molecule has 0 bridgehead atoms. The predicted octanol–water partition coefficient (Wildman–Crippen LogP) is 2.77. The van der Waals surface area contributed by atoms with Crippen molar-refractivity contribution in [2.24, 2.45) is 0 Å². The van der Waals surface area contributed by atoms with Crippen molar-refractivity contribution >= 4 is 0 Å². The second kappa shape index (κ2) is 4.30. The van der Waals surface area contributed by atoms with Crippen LogP contribution in [0.2, 0.25) is 0 Å². The molecule has 0 saturated heterocycles. The number of hydrogen-bond acceptors (Lipinski definition) is 2. The maximum absolute atomic E-state index is 13.8. The third-order valence-corrected chi connectivity index (χ3v) is 3.57. The molecular formula is C14H19FO2. The van der Waals surface area contributed by atoms with Gasteiger partial charge in [0.2, 0.25) is 0 Å². The summed E-state index contributed by atoms with van der Waals surface area (Å²) >= 11 is 0. The Balaban J connectivity index is 2.46. The van der Waals surface area contributed by atoms with Gasteiger partial charge in [-0.2, -0.15) is 0 Å². The molecule has 0 heterocycles. The van der Waals surface area contributed by atoms with Crippen molar-refractivity contribution in [2.75, 3.05) is 7.11 Å². The van der Waals surface area contributed by atoms with E-state index in [4.69, 9.17) is 4.74 Å². The summed E-state index contributed by atoms with van der Waals surface area (Å²) in [6.07, 6.45) is 2.95. The van der Waals surface area contributed by atoms with Crippen LogP contribution in [0.15, 0.2) is 6.07 Å². The van der Waals surface area contributed by atoms with E-state index in [1.807, 2.05) is 6.92 Å². The van der Waals surface area contributed by atoms with Gasteiger partial charge in [0.25, 0.3) is 0 Å². The first kappa shape index (κ1) is 12.4. The standard InChI is InChI=1S/C14H19FO2/c1-4-11-10(8-14(16)5-6-14)7-12(15)9(2)13(11)17-3/h7,16H,4-6,8H2,1-3H3. The van der Waals surface area contributed by atoms with Crippen LogP contribution in [0.25, 0.3) is 0 Å². The van der Waals surface area contributed by atoms with Crippen molar-refractivity contribution in [3.8, 4) is 5.75 Å². The normalized spacial score (nSPS) is 17.0. The molecule has 0 aromatic heterocycles. The van der Waals surface area contributed by atoms with Crippen LogP contribution in [-0.2, 0) is 12.8 Å². The van der Waals surface area contributed by atoms with E-state index in [-0.39, 0.29) is 5.82 Å². The monoisotopic (exact) mass is 238 g/mol. The fraction of sp³-hybridized carbons (Fsp3) is 0.571. The molecule has 0 spiro atoms. The van der Waals surface area contributed by atoms with Crippen LogP contribution in [0.4, 0.5) is 4.39 Å². The van der Waals surface area contributed by atoms with Crippen LogP contribution >= 0.6 is 0 Å². The summed E-state index contributed by atoms with van der Waals surface area (Å²) < 4.78 is 19.1. The number of ether oxygens (including phenoxy) is 1. The molecule has 0 unspecified atom stereocenters. The number of halogens is 1. The first-order valence-electron chi connectivity index (χ1n) is 6.08. The number of rotatable bonds is 4. The third kappa shape index (κ3) is 2.29. The van der Waals surface area contributed by atoms with Gasteiger partial charge in [-0.05, 0) is 43.4 Å². The summed E-state index contributed by atoms with van der Waals surface area (Å²) in [5.74, 6) is 0.380. The van der Waals surface area contributed by atoms with E-state index in [0.29, 0.717) is 17.7 Å². The Morgan fingerprint density at radius 3 is 2.59 bits per heavy atom. The Hall–Kier alpha value is -1.09. The molecule has 0 radical (unpaired) electrons. The highest BCUT2D eigenvalue weighted by Gasteiger charge is 2.41.